The normalized spacial score (nSPS) is 18.0. The van der Waals surface area contributed by atoms with Gasteiger partial charge in [0.2, 0.25) is 0 Å². The van der Waals surface area contributed by atoms with Gasteiger partial charge in [0.1, 0.15) is 5.75 Å². The number of benzene rings is 1. The van der Waals surface area contributed by atoms with Crippen molar-refractivity contribution in [1.29, 1.82) is 0 Å². The maximum Gasteiger partial charge on any atom is 0.126 e. The Morgan fingerprint density at radius 1 is 1.00 bits per heavy atom. The van der Waals surface area contributed by atoms with Gasteiger partial charge in [0.05, 0.1) is 7.11 Å². The van der Waals surface area contributed by atoms with Crippen LogP contribution in [0.3, 0.4) is 0 Å². The SMILES string of the molecule is CCC(CC)(c1cc(C)cc(C(C)(C)C)c1OC)C1C=CC(C)=C1. The molecule has 1 atom stereocenters. The van der Waals surface area contributed by atoms with Crippen molar-refractivity contribution < 1.29 is 4.74 Å². The zero-order chi connectivity index (χ0) is 18.1. The molecule has 132 valence electrons. The Bertz CT molecular complexity index is 651. The molecule has 1 unspecified atom stereocenters. The van der Waals surface area contributed by atoms with Gasteiger partial charge in [-0.1, -0.05) is 76.1 Å². The lowest BCUT2D eigenvalue weighted by Crippen LogP contribution is -2.33. The molecule has 1 aromatic carbocycles. The molecule has 1 aliphatic rings. The molecule has 1 heteroatoms. The number of rotatable bonds is 5. The van der Waals surface area contributed by atoms with E-state index in [1.165, 1.54) is 22.3 Å². The van der Waals surface area contributed by atoms with Crippen molar-refractivity contribution in [3.05, 3.63) is 52.6 Å². The summed E-state index contributed by atoms with van der Waals surface area (Å²) in [6.45, 7) is 15.8. The first-order valence-corrected chi connectivity index (χ1v) is 9.25. The van der Waals surface area contributed by atoms with Crippen LogP contribution in [0.5, 0.6) is 5.75 Å². The molecule has 0 saturated heterocycles. The number of ether oxygens (including phenoxy) is 1. The number of aryl methyl sites for hydroxylation is 1. The maximum absolute atomic E-state index is 6.01. The van der Waals surface area contributed by atoms with Crippen LogP contribution in [0.4, 0.5) is 0 Å². The summed E-state index contributed by atoms with van der Waals surface area (Å²) < 4.78 is 6.01. The lowest BCUT2D eigenvalue weighted by molar-refractivity contribution is 0.311. The summed E-state index contributed by atoms with van der Waals surface area (Å²) in [7, 11) is 1.82. The summed E-state index contributed by atoms with van der Waals surface area (Å²) >= 11 is 0. The highest BCUT2D eigenvalue weighted by Crippen LogP contribution is 2.49. The Labute approximate surface area is 148 Å². The Hall–Kier alpha value is -1.50. The van der Waals surface area contributed by atoms with Crippen molar-refractivity contribution in [3.63, 3.8) is 0 Å². The standard InChI is InChI=1S/C23H34O/c1-9-23(10-2,18-12-11-16(3)13-18)20-15-17(4)14-19(21(20)24-8)22(5,6)7/h11-15,18H,9-10H2,1-8H3. The van der Waals surface area contributed by atoms with E-state index in [0.29, 0.717) is 5.92 Å². The highest BCUT2D eigenvalue weighted by molar-refractivity contribution is 5.53. The molecule has 24 heavy (non-hydrogen) atoms. The third kappa shape index (κ3) is 3.18. The van der Waals surface area contributed by atoms with Crippen LogP contribution in [0.1, 0.15) is 71.1 Å². The van der Waals surface area contributed by atoms with E-state index in [2.05, 4.69) is 78.8 Å². The van der Waals surface area contributed by atoms with Crippen LogP contribution in [0.25, 0.3) is 0 Å². The zero-order valence-electron chi connectivity index (χ0n) is 16.8. The second-order valence-corrected chi connectivity index (χ2v) is 8.30. The van der Waals surface area contributed by atoms with E-state index in [-0.39, 0.29) is 10.8 Å². The molecule has 0 N–H and O–H groups in total. The topological polar surface area (TPSA) is 9.23 Å². The minimum Gasteiger partial charge on any atom is -0.496 e. The van der Waals surface area contributed by atoms with Gasteiger partial charge < -0.3 is 4.74 Å². The minimum atomic E-state index is 0.0661. The fraction of sp³-hybridized carbons (Fsp3) is 0.565. The van der Waals surface area contributed by atoms with E-state index in [9.17, 15) is 0 Å². The van der Waals surface area contributed by atoms with Crippen molar-refractivity contribution >= 4 is 0 Å². The van der Waals surface area contributed by atoms with Crippen molar-refractivity contribution in [2.24, 2.45) is 5.92 Å². The Morgan fingerprint density at radius 2 is 1.58 bits per heavy atom. The molecule has 0 aliphatic heterocycles. The van der Waals surface area contributed by atoms with Crippen molar-refractivity contribution in [1.82, 2.24) is 0 Å². The Morgan fingerprint density at radius 3 is 2.00 bits per heavy atom. The zero-order valence-corrected chi connectivity index (χ0v) is 16.8. The summed E-state index contributed by atoms with van der Waals surface area (Å²) in [6, 6.07) is 4.65. The third-order valence-corrected chi connectivity index (χ3v) is 5.69. The number of hydrogen-bond acceptors (Lipinski definition) is 1. The van der Waals surface area contributed by atoms with Gasteiger partial charge >= 0.3 is 0 Å². The highest BCUT2D eigenvalue weighted by Gasteiger charge is 2.39. The number of hydrogen-bond donors (Lipinski definition) is 0. The van der Waals surface area contributed by atoms with Crippen LogP contribution in [-0.4, -0.2) is 7.11 Å². The van der Waals surface area contributed by atoms with E-state index >= 15 is 0 Å². The average molecular weight is 327 g/mol. The van der Waals surface area contributed by atoms with Gasteiger partial charge in [0, 0.05) is 22.5 Å². The molecule has 0 aromatic heterocycles. The molecular weight excluding hydrogens is 292 g/mol. The molecule has 0 bridgehead atoms. The van der Waals surface area contributed by atoms with E-state index in [0.717, 1.165) is 18.6 Å². The van der Waals surface area contributed by atoms with E-state index in [1.54, 1.807) is 0 Å². The van der Waals surface area contributed by atoms with E-state index in [1.807, 2.05) is 7.11 Å². The Kier molecular flexibility index (Phi) is 5.32. The molecule has 1 aromatic rings. The largest absolute Gasteiger partial charge is 0.496 e. The molecule has 0 fully saturated rings. The van der Waals surface area contributed by atoms with Crippen LogP contribution >= 0.6 is 0 Å². The van der Waals surface area contributed by atoms with Crippen LogP contribution in [-0.2, 0) is 10.8 Å². The summed E-state index contributed by atoms with van der Waals surface area (Å²) in [6.07, 6.45) is 9.27. The molecule has 1 aliphatic carbocycles. The van der Waals surface area contributed by atoms with Crippen LogP contribution in [0.2, 0.25) is 0 Å². The average Bonchev–Trinajstić information content (AvgIpc) is 2.95. The molecule has 0 saturated carbocycles. The predicted molar refractivity (Wildman–Crippen MR) is 105 cm³/mol. The van der Waals surface area contributed by atoms with E-state index < -0.39 is 0 Å². The quantitative estimate of drug-likeness (QED) is 0.601. The highest BCUT2D eigenvalue weighted by atomic mass is 16.5. The number of methoxy groups -OCH3 is 1. The van der Waals surface area contributed by atoms with Crippen LogP contribution in [0, 0.1) is 12.8 Å². The second-order valence-electron chi connectivity index (χ2n) is 8.30. The summed E-state index contributed by atoms with van der Waals surface area (Å²) in [5.41, 5.74) is 5.54. The smallest absolute Gasteiger partial charge is 0.126 e. The monoisotopic (exact) mass is 326 g/mol. The van der Waals surface area contributed by atoms with Crippen molar-refractivity contribution in [3.8, 4) is 5.75 Å². The first kappa shape index (κ1) is 18.8. The molecule has 0 heterocycles. The van der Waals surface area contributed by atoms with Gasteiger partial charge in [-0.15, -0.1) is 0 Å². The Balaban J connectivity index is 2.76. The molecule has 1 nitrogen and oxygen atoms in total. The third-order valence-electron chi connectivity index (χ3n) is 5.69. The fourth-order valence-electron chi connectivity index (χ4n) is 4.20. The number of allylic oxidation sites excluding steroid dienone is 4. The first-order chi connectivity index (χ1) is 11.2. The molecule has 0 spiro atoms. The van der Waals surface area contributed by atoms with Crippen molar-refractivity contribution in [2.45, 2.75) is 72.1 Å². The van der Waals surface area contributed by atoms with Gasteiger partial charge in [0.15, 0.2) is 0 Å². The molecule has 2 rings (SSSR count). The van der Waals surface area contributed by atoms with Crippen LogP contribution in [0.15, 0.2) is 35.9 Å². The maximum atomic E-state index is 6.01. The van der Waals surface area contributed by atoms with Crippen molar-refractivity contribution in [2.75, 3.05) is 7.11 Å². The summed E-state index contributed by atoms with van der Waals surface area (Å²) in [4.78, 5) is 0. The second kappa shape index (κ2) is 6.78. The van der Waals surface area contributed by atoms with Gasteiger partial charge in [0.25, 0.3) is 0 Å². The van der Waals surface area contributed by atoms with Gasteiger partial charge in [-0.2, -0.15) is 0 Å². The predicted octanol–water partition coefficient (Wildman–Crippen LogP) is 6.49. The fourth-order valence-corrected chi connectivity index (χ4v) is 4.20. The first-order valence-electron chi connectivity index (χ1n) is 9.25. The van der Waals surface area contributed by atoms with Gasteiger partial charge in [-0.3, -0.25) is 0 Å². The molecule has 0 radical (unpaired) electrons. The minimum absolute atomic E-state index is 0.0661. The lowest BCUT2D eigenvalue weighted by Gasteiger charge is -2.39. The van der Waals surface area contributed by atoms with Crippen LogP contribution < -0.4 is 4.74 Å². The lowest BCUT2D eigenvalue weighted by atomic mass is 9.65. The summed E-state index contributed by atoms with van der Waals surface area (Å²) in [5, 5.41) is 0. The molecular formula is C23H34O. The summed E-state index contributed by atoms with van der Waals surface area (Å²) in [5.74, 6) is 1.53. The molecule has 0 amide bonds. The van der Waals surface area contributed by atoms with Gasteiger partial charge in [-0.25, -0.2) is 0 Å². The van der Waals surface area contributed by atoms with Gasteiger partial charge in [-0.05, 0) is 32.1 Å². The van der Waals surface area contributed by atoms with E-state index in [4.69, 9.17) is 4.74 Å².